The van der Waals surface area contributed by atoms with Crippen LogP contribution in [-0.4, -0.2) is 17.7 Å². The summed E-state index contributed by atoms with van der Waals surface area (Å²) in [6.45, 7) is 1.54. The van der Waals surface area contributed by atoms with Crippen LogP contribution in [0, 0.1) is 0 Å². The molecule has 3 rings (SSSR count). The second kappa shape index (κ2) is 5.52. The van der Waals surface area contributed by atoms with Gasteiger partial charge >= 0.3 is 0 Å². The number of hydrogen-bond donors (Lipinski definition) is 0. The Morgan fingerprint density at radius 3 is 2.24 bits per heavy atom. The lowest BCUT2D eigenvalue weighted by Gasteiger charge is -2.23. The van der Waals surface area contributed by atoms with Crippen LogP contribution in [0.5, 0.6) is 0 Å². The van der Waals surface area contributed by atoms with Crippen LogP contribution in [0.1, 0.15) is 40.5 Å². The van der Waals surface area contributed by atoms with E-state index in [1.165, 1.54) is 0 Å². The number of nitrogens with zero attached hydrogens (tertiary/aromatic N) is 1. The third kappa shape index (κ3) is 2.87. The molecule has 2 aromatic rings. The van der Waals surface area contributed by atoms with Gasteiger partial charge in [0.25, 0.3) is 5.91 Å². The lowest BCUT2D eigenvalue weighted by Crippen LogP contribution is -2.33. The number of carbonyl (C=O) groups excluding carboxylic acids is 2. The highest BCUT2D eigenvalue weighted by atomic mass is 16.2. The molecule has 0 radical (unpaired) electrons. The van der Waals surface area contributed by atoms with Gasteiger partial charge in [0.2, 0.25) is 0 Å². The van der Waals surface area contributed by atoms with E-state index in [1.54, 1.807) is 13.0 Å². The zero-order chi connectivity index (χ0) is 14.8. The first-order chi connectivity index (χ1) is 10.2. The Morgan fingerprint density at radius 2 is 1.62 bits per heavy atom. The molecule has 0 atom stereocenters. The Hall–Kier alpha value is -2.42. The van der Waals surface area contributed by atoms with Gasteiger partial charge in [0, 0.05) is 22.9 Å². The quantitative estimate of drug-likeness (QED) is 0.800. The molecule has 0 saturated heterocycles. The number of hydrogen-bond acceptors (Lipinski definition) is 2. The minimum atomic E-state index is -0.00111. The van der Waals surface area contributed by atoms with Crippen molar-refractivity contribution < 1.29 is 9.59 Å². The summed E-state index contributed by atoms with van der Waals surface area (Å²) in [7, 11) is 0. The molecule has 0 aliphatic heterocycles. The summed E-state index contributed by atoms with van der Waals surface area (Å²) in [6, 6.07) is 16.8. The molecule has 1 fully saturated rings. The van der Waals surface area contributed by atoms with Gasteiger partial charge in [0.15, 0.2) is 5.78 Å². The van der Waals surface area contributed by atoms with E-state index in [2.05, 4.69) is 0 Å². The summed E-state index contributed by atoms with van der Waals surface area (Å²) < 4.78 is 0. The SMILES string of the molecule is CC(=O)c1cccc(N(C(=O)c2ccccc2)C2CC2)c1. The van der Waals surface area contributed by atoms with Crippen molar-refractivity contribution in [2.24, 2.45) is 0 Å². The molecule has 0 N–H and O–H groups in total. The Kier molecular flexibility index (Phi) is 3.57. The van der Waals surface area contributed by atoms with Gasteiger partial charge in [-0.1, -0.05) is 30.3 Å². The van der Waals surface area contributed by atoms with Gasteiger partial charge in [-0.25, -0.2) is 0 Å². The van der Waals surface area contributed by atoms with E-state index in [9.17, 15) is 9.59 Å². The van der Waals surface area contributed by atoms with E-state index in [0.717, 1.165) is 18.5 Å². The second-order valence-corrected chi connectivity index (χ2v) is 5.38. The Morgan fingerprint density at radius 1 is 0.952 bits per heavy atom. The van der Waals surface area contributed by atoms with Crippen LogP contribution in [-0.2, 0) is 0 Å². The molecule has 1 aliphatic rings. The van der Waals surface area contributed by atoms with Crippen molar-refractivity contribution in [3.63, 3.8) is 0 Å². The van der Waals surface area contributed by atoms with Crippen LogP contribution >= 0.6 is 0 Å². The molecular formula is C18H17NO2. The average molecular weight is 279 g/mol. The van der Waals surface area contributed by atoms with Crippen molar-refractivity contribution in [1.82, 2.24) is 0 Å². The fraction of sp³-hybridized carbons (Fsp3) is 0.222. The number of anilines is 1. The summed E-state index contributed by atoms with van der Waals surface area (Å²) in [5, 5.41) is 0. The Bertz CT molecular complexity index is 675. The zero-order valence-electron chi connectivity index (χ0n) is 12.0. The van der Waals surface area contributed by atoms with Crippen LogP contribution in [0.15, 0.2) is 54.6 Å². The van der Waals surface area contributed by atoms with Gasteiger partial charge in [-0.3, -0.25) is 9.59 Å². The van der Waals surface area contributed by atoms with Crippen molar-refractivity contribution >= 4 is 17.4 Å². The first-order valence-corrected chi connectivity index (χ1v) is 7.16. The van der Waals surface area contributed by atoms with Crippen LogP contribution in [0.3, 0.4) is 0 Å². The van der Waals surface area contributed by atoms with E-state index in [1.807, 2.05) is 53.4 Å². The number of Topliss-reactive ketones (excluding diaryl/α,β-unsaturated/α-hetero) is 1. The lowest BCUT2D eigenvalue weighted by atomic mass is 10.1. The van der Waals surface area contributed by atoms with Gasteiger partial charge < -0.3 is 4.90 Å². The second-order valence-electron chi connectivity index (χ2n) is 5.38. The highest BCUT2D eigenvalue weighted by molar-refractivity contribution is 6.07. The maximum Gasteiger partial charge on any atom is 0.258 e. The number of amides is 1. The van der Waals surface area contributed by atoms with Crippen LogP contribution in [0.2, 0.25) is 0 Å². The molecule has 3 heteroatoms. The van der Waals surface area contributed by atoms with Crippen LogP contribution in [0.4, 0.5) is 5.69 Å². The van der Waals surface area contributed by atoms with Gasteiger partial charge in [-0.15, -0.1) is 0 Å². The number of ketones is 1. The van der Waals surface area contributed by atoms with Gasteiger partial charge in [-0.05, 0) is 44.0 Å². The van der Waals surface area contributed by atoms with Crippen LogP contribution in [0.25, 0.3) is 0 Å². The third-order valence-electron chi connectivity index (χ3n) is 3.68. The zero-order valence-corrected chi connectivity index (χ0v) is 12.0. The Labute approximate surface area is 124 Å². The van der Waals surface area contributed by atoms with Crippen molar-refractivity contribution in [1.29, 1.82) is 0 Å². The monoisotopic (exact) mass is 279 g/mol. The first-order valence-electron chi connectivity index (χ1n) is 7.16. The molecule has 2 aromatic carbocycles. The number of benzene rings is 2. The molecule has 0 aromatic heterocycles. The summed E-state index contributed by atoms with van der Waals surface area (Å²) in [4.78, 5) is 26.1. The summed E-state index contributed by atoms with van der Waals surface area (Å²) in [6.07, 6.45) is 2.03. The molecule has 0 unspecified atom stereocenters. The third-order valence-corrected chi connectivity index (χ3v) is 3.68. The number of rotatable bonds is 4. The van der Waals surface area contributed by atoms with E-state index < -0.39 is 0 Å². The number of carbonyl (C=O) groups is 2. The molecule has 0 heterocycles. The van der Waals surface area contributed by atoms with E-state index in [-0.39, 0.29) is 17.7 Å². The molecule has 106 valence electrons. The highest BCUT2D eigenvalue weighted by Gasteiger charge is 2.34. The van der Waals surface area contributed by atoms with Crippen molar-refractivity contribution in [2.75, 3.05) is 4.90 Å². The maximum absolute atomic E-state index is 12.7. The summed E-state index contributed by atoms with van der Waals surface area (Å²) in [5.41, 5.74) is 2.12. The van der Waals surface area contributed by atoms with Crippen LogP contribution < -0.4 is 4.90 Å². The summed E-state index contributed by atoms with van der Waals surface area (Å²) >= 11 is 0. The van der Waals surface area contributed by atoms with Gasteiger partial charge in [0.1, 0.15) is 0 Å². The largest absolute Gasteiger partial charge is 0.305 e. The standard InChI is InChI=1S/C18H17NO2/c1-13(20)15-8-5-9-17(12-15)19(16-10-11-16)18(21)14-6-3-2-4-7-14/h2-9,12,16H,10-11H2,1H3. The van der Waals surface area contributed by atoms with Crippen molar-refractivity contribution in [3.05, 3.63) is 65.7 Å². The molecule has 0 spiro atoms. The van der Waals surface area contributed by atoms with Crippen molar-refractivity contribution in [3.8, 4) is 0 Å². The van der Waals surface area contributed by atoms with E-state index >= 15 is 0 Å². The molecule has 1 saturated carbocycles. The molecule has 21 heavy (non-hydrogen) atoms. The topological polar surface area (TPSA) is 37.4 Å². The molecule has 1 aliphatic carbocycles. The smallest absolute Gasteiger partial charge is 0.258 e. The predicted molar refractivity (Wildman–Crippen MR) is 82.7 cm³/mol. The average Bonchev–Trinajstić information content (AvgIpc) is 3.33. The minimum Gasteiger partial charge on any atom is -0.305 e. The molecule has 3 nitrogen and oxygen atoms in total. The molecule has 0 bridgehead atoms. The highest BCUT2D eigenvalue weighted by Crippen LogP contribution is 2.33. The normalized spacial score (nSPS) is 13.8. The summed E-state index contributed by atoms with van der Waals surface area (Å²) in [5.74, 6) is 0.0126. The molecular weight excluding hydrogens is 262 g/mol. The first kappa shape index (κ1) is 13.6. The fourth-order valence-electron chi connectivity index (χ4n) is 2.42. The Balaban J connectivity index is 1.97. The van der Waals surface area contributed by atoms with Gasteiger partial charge in [-0.2, -0.15) is 0 Å². The predicted octanol–water partition coefficient (Wildman–Crippen LogP) is 3.70. The van der Waals surface area contributed by atoms with Gasteiger partial charge in [0.05, 0.1) is 0 Å². The van der Waals surface area contributed by atoms with Crippen molar-refractivity contribution in [2.45, 2.75) is 25.8 Å². The fourth-order valence-corrected chi connectivity index (χ4v) is 2.42. The minimum absolute atomic E-state index is 0.00111. The van der Waals surface area contributed by atoms with E-state index in [4.69, 9.17) is 0 Å². The lowest BCUT2D eigenvalue weighted by molar-refractivity contribution is 0.0981. The molecule has 1 amide bonds. The van der Waals surface area contributed by atoms with E-state index in [0.29, 0.717) is 11.1 Å². The maximum atomic E-state index is 12.7.